The van der Waals surface area contributed by atoms with Crippen molar-refractivity contribution in [2.24, 2.45) is 5.92 Å². The average Bonchev–Trinajstić information content (AvgIpc) is 2.81. The number of carbonyl (C=O) groups is 1. The molecule has 1 heterocycles. The Bertz CT molecular complexity index is 1310. The summed E-state index contributed by atoms with van der Waals surface area (Å²) in [7, 11) is -6.19. The van der Waals surface area contributed by atoms with Crippen LogP contribution in [0.3, 0.4) is 0 Å². The summed E-state index contributed by atoms with van der Waals surface area (Å²) in [5.41, 5.74) is 0.488. The second-order valence-corrected chi connectivity index (χ2v) is 13.3. The fourth-order valence-electron chi connectivity index (χ4n) is 3.92. The summed E-state index contributed by atoms with van der Waals surface area (Å²) < 4.78 is 60.4. The lowest BCUT2D eigenvalue weighted by atomic mass is 9.98. The number of ether oxygens (including phenoxy) is 1. The number of hydrogen-bond donors (Lipinski definition) is 2. The number of carbonyl (C=O) groups excluding carboxylic acids is 1. The van der Waals surface area contributed by atoms with Crippen LogP contribution in [0.25, 0.3) is 0 Å². The number of nitrogens with zero attached hydrogens (tertiary/aromatic N) is 1. The molecule has 2 aromatic rings. The zero-order chi connectivity index (χ0) is 26.7. The van der Waals surface area contributed by atoms with Crippen LogP contribution in [0.4, 0.5) is 5.69 Å². The quantitative estimate of drug-likeness (QED) is 0.466. The molecular formula is C23H29Cl2N3O6S2. The van der Waals surface area contributed by atoms with Gasteiger partial charge >= 0.3 is 0 Å². The van der Waals surface area contributed by atoms with Gasteiger partial charge in [-0.25, -0.2) is 25.9 Å². The highest BCUT2D eigenvalue weighted by Gasteiger charge is 2.33. The summed E-state index contributed by atoms with van der Waals surface area (Å²) in [5.74, 6) is -1.18. The van der Waals surface area contributed by atoms with Crippen molar-refractivity contribution in [1.82, 2.24) is 9.03 Å². The third kappa shape index (κ3) is 6.90. The van der Waals surface area contributed by atoms with Crippen LogP contribution in [-0.2, 0) is 30.6 Å². The second-order valence-electron chi connectivity index (χ2n) is 8.78. The molecule has 13 heteroatoms. The number of halogens is 2. The second kappa shape index (κ2) is 11.7. The standard InChI is InChI=1S/C23H29Cl2N3O6S2/c1-15(2)27-36(32,33)17-9-10-22(34-3)21(12-17)26-23(29)16-6-5-11-28(13-16)35(30,31)14-18-19(24)7-4-8-20(18)25/h4,7-10,12,15-16,27H,5-6,11,13-14H2,1-3H3,(H,26,29)/t16-/m0/s1. The Morgan fingerprint density at radius 1 is 1.14 bits per heavy atom. The van der Waals surface area contributed by atoms with Gasteiger partial charge < -0.3 is 10.1 Å². The Balaban J connectivity index is 1.78. The highest BCUT2D eigenvalue weighted by Crippen LogP contribution is 2.31. The maximum absolute atomic E-state index is 13.1. The van der Waals surface area contributed by atoms with Gasteiger partial charge in [-0.3, -0.25) is 4.79 Å². The highest BCUT2D eigenvalue weighted by molar-refractivity contribution is 7.89. The Morgan fingerprint density at radius 2 is 1.81 bits per heavy atom. The Hall–Kier alpha value is -1.89. The maximum Gasteiger partial charge on any atom is 0.240 e. The summed E-state index contributed by atoms with van der Waals surface area (Å²) in [4.78, 5) is 13.1. The van der Waals surface area contributed by atoms with Crippen LogP contribution < -0.4 is 14.8 Å². The Morgan fingerprint density at radius 3 is 2.42 bits per heavy atom. The summed E-state index contributed by atoms with van der Waals surface area (Å²) >= 11 is 12.3. The van der Waals surface area contributed by atoms with Crippen molar-refractivity contribution >= 4 is 54.8 Å². The van der Waals surface area contributed by atoms with E-state index in [1.165, 1.54) is 29.6 Å². The molecule has 0 radical (unpaired) electrons. The maximum atomic E-state index is 13.1. The van der Waals surface area contributed by atoms with Crippen molar-refractivity contribution < 1.29 is 26.4 Å². The first-order valence-electron chi connectivity index (χ1n) is 11.3. The van der Waals surface area contributed by atoms with Gasteiger partial charge in [0, 0.05) is 34.7 Å². The average molecular weight is 579 g/mol. The number of methoxy groups -OCH3 is 1. The minimum atomic E-state index is -3.80. The fourth-order valence-corrected chi connectivity index (χ4v) is 7.56. The molecule has 0 unspecified atom stereocenters. The largest absolute Gasteiger partial charge is 0.495 e. The highest BCUT2D eigenvalue weighted by atomic mass is 35.5. The topological polar surface area (TPSA) is 122 Å². The van der Waals surface area contributed by atoms with Gasteiger partial charge in [-0.1, -0.05) is 29.3 Å². The fraction of sp³-hybridized carbons (Fsp3) is 0.435. The minimum absolute atomic E-state index is 0.0224. The molecular weight excluding hydrogens is 549 g/mol. The summed E-state index contributed by atoms with van der Waals surface area (Å²) in [5, 5.41) is 3.23. The predicted molar refractivity (Wildman–Crippen MR) is 140 cm³/mol. The lowest BCUT2D eigenvalue weighted by Crippen LogP contribution is -2.44. The van der Waals surface area contributed by atoms with Crippen LogP contribution in [0.1, 0.15) is 32.3 Å². The van der Waals surface area contributed by atoms with E-state index in [1.54, 1.807) is 32.0 Å². The molecule has 1 atom stereocenters. The van der Waals surface area contributed by atoms with E-state index in [-0.39, 0.29) is 51.3 Å². The van der Waals surface area contributed by atoms with Gasteiger partial charge in [0.1, 0.15) is 5.75 Å². The smallest absolute Gasteiger partial charge is 0.240 e. The number of piperidine rings is 1. The first kappa shape index (κ1) is 28.7. The van der Waals surface area contributed by atoms with E-state index >= 15 is 0 Å². The normalized spacial score (nSPS) is 17.2. The summed E-state index contributed by atoms with van der Waals surface area (Å²) in [6.07, 6.45) is 0.956. The van der Waals surface area contributed by atoms with E-state index in [4.69, 9.17) is 27.9 Å². The third-order valence-corrected chi connectivity index (χ3v) is 9.80. The van der Waals surface area contributed by atoms with Crippen LogP contribution in [0.2, 0.25) is 10.0 Å². The van der Waals surface area contributed by atoms with Crippen molar-refractivity contribution in [3.8, 4) is 5.75 Å². The molecule has 0 aromatic heterocycles. The van der Waals surface area contributed by atoms with Gasteiger partial charge in [0.15, 0.2) is 0 Å². The van der Waals surface area contributed by atoms with E-state index in [0.717, 1.165) is 0 Å². The van der Waals surface area contributed by atoms with E-state index in [2.05, 4.69) is 10.0 Å². The van der Waals surface area contributed by atoms with Gasteiger partial charge in [0.2, 0.25) is 26.0 Å². The molecule has 1 saturated heterocycles. The predicted octanol–water partition coefficient (Wildman–Crippen LogP) is 3.87. The molecule has 0 bridgehead atoms. The molecule has 0 aliphatic carbocycles. The molecule has 9 nitrogen and oxygen atoms in total. The molecule has 198 valence electrons. The lowest BCUT2D eigenvalue weighted by molar-refractivity contribution is -0.120. The van der Waals surface area contributed by atoms with Crippen LogP contribution >= 0.6 is 23.2 Å². The van der Waals surface area contributed by atoms with Gasteiger partial charge in [0.05, 0.1) is 29.4 Å². The number of sulfonamides is 2. The van der Waals surface area contributed by atoms with Gasteiger partial charge in [-0.2, -0.15) is 0 Å². The molecule has 2 N–H and O–H groups in total. The van der Waals surface area contributed by atoms with E-state index in [1.807, 2.05) is 0 Å². The Kier molecular flexibility index (Phi) is 9.29. The minimum Gasteiger partial charge on any atom is -0.495 e. The monoisotopic (exact) mass is 577 g/mol. The number of hydrogen-bond acceptors (Lipinski definition) is 6. The van der Waals surface area contributed by atoms with E-state index in [0.29, 0.717) is 18.4 Å². The molecule has 0 spiro atoms. The molecule has 2 aromatic carbocycles. The van der Waals surface area contributed by atoms with Crippen molar-refractivity contribution in [3.63, 3.8) is 0 Å². The molecule has 1 aliphatic heterocycles. The van der Waals surface area contributed by atoms with Crippen LogP contribution in [-0.4, -0.2) is 53.3 Å². The lowest BCUT2D eigenvalue weighted by Gasteiger charge is -2.31. The molecule has 3 rings (SSSR count). The molecule has 36 heavy (non-hydrogen) atoms. The van der Waals surface area contributed by atoms with Crippen LogP contribution in [0.5, 0.6) is 5.75 Å². The third-order valence-electron chi connectivity index (χ3n) is 5.67. The van der Waals surface area contributed by atoms with Crippen LogP contribution in [0, 0.1) is 5.92 Å². The van der Waals surface area contributed by atoms with Crippen molar-refractivity contribution in [2.45, 2.75) is 43.4 Å². The number of amides is 1. The van der Waals surface area contributed by atoms with Gasteiger partial charge in [-0.05, 0) is 57.0 Å². The van der Waals surface area contributed by atoms with Crippen molar-refractivity contribution in [1.29, 1.82) is 0 Å². The van der Waals surface area contributed by atoms with Gasteiger partial charge in [-0.15, -0.1) is 0 Å². The van der Waals surface area contributed by atoms with Gasteiger partial charge in [0.25, 0.3) is 0 Å². The SMILES string of the molecule is COc1ccc(S(=O)(=O)NC(C)C)cc1NC(=O)[C@H]1CCCN(S(=O)(=O)Cc2c(Cl)cccc2Cl)C1. The number of rotatable bonds is 9. The first-order chi connectivity index (χ1) is 16.8. The number of benzene rings is 2. The van der Waals surface area contributed by atoms with E-state index < -0.39 is 31.9 Å². The zero-order valence-electron chi connectivity index (χ0n) is 20.1. The first-order valence-corrected chi connectivity index (χ1v) is 15.1. The molecule has 0 saturated carbocycles. The summed E-state index contributed by atoms with van der Waals surface area (Å²) in [6, 6.07) is 8.62. The number of nitrogens with one attached hydrogen (secondary N) is 2. The summed E-state index contributed by atoms with van der Waals surface area (Å²) in [6.45, 7) is 3.65. The van der Waals surface area contributed by atoms with Crippen molar-refractivity contribution in [3.05, 3.63) is 52.0 Å². The molecule has 1 fully saturated rings. The number of anilines is 1. The van der Waals surface area contributed by atoms with E-state index in [9.17, 15) is 21.6 Å². The Labute approximate surface area is 222 Å². The van der Waals surface area contributed by atoms with Crippen LogP contribution in [0.15, 0.2) is 41.3 Å². The molecule has 1 aliphatic rings. The molecule has 1 amide bonds. The van der Waals surface area contributed by atoms with Crippen molar-refractivity contribution in [2.75, 3.05) is 25.5 Å². The zero-order valence-corrected chi connectivity index (χ0v) is 23.3.